The lowest BCUT2D eigenvalue weighted by molar-refractivity contribution is 0.0910. The summed E-state index contributed by atoms with van der Waals surface area (Å²) < 4.78 is 18.1. The first kappa shape index (κ1) is 25.9. The zero-order chi connectivity index (χ0) is 25.5. The van der Waals surface area contributed by atoms with Crippen LogP contribution in [-0.2, 0) is 6.42 Å². The van der Waals surface area contributed by atoms with Crippen LogP contribution >= 0.6 is 0 Å². The molecular weight excluding hydrogens is 449 g/mol. The standard InChI is InChI=1S/C29H32FN3O.C2H6/c1-34-26-10-12-28-22(13-26)8-11-27(21-5-3-2-4-6-21)29(28)23-7-9-25(32-16-23)14-24(31)19-33-17-20(15-30)18-33;1-2/h2-7,9-10,12-14,16,20,27,29H,8,11,15,17-19,31H2,1H3;1-2H3/b24-14-;. The second-order valence-electron chi connectivity index (χ2n) is 9.55. The van der Waals surface area contributed by atoms with Crippen LogP contribution in [0.25, 0.3) is 6.08 Å². The average molecular weight is 488 g/mol. The summed E-state index contributed by atoms with van der Waals surface area (Å²) in [6.07, 6.45) is 6.05. The third kappa shape index (κ3) is 5.79. The fourth-order valence-electron chi connectivity index (χ4n) is 5.48. The maximum Gasteiger partial charge on any atom is 0.119 e. The molecule has 2 heterocycles. The zero-order valence-corrected chi connectivity index (χ0v) is 21.7. The van der Waals surface area contributed by atoms with Gasteiger partial charge in [-0.2, -0.15) is 0 Å². The molecule has 1 aromatic heterocycles. The van der Waals surface area contributed by atoms with Gasteiger partial charge in [-0.25, -0.2) is 0 Å². The first-order chi connectivity index (χ1) is 17.6. The summed E-state index contributed by atoms with van der Waals surface area (Å²) >= 11 is 0. The summed E-state index contributed by atoms with van der Waals surface area (Å²) in [7, 11) is 1.72. The topological polar surface area (TPSA) is 51.4 Å². The Morgan fingerprint density at radius 2 is 1.86 bits per heavy atom. The molecule has 0 spiro atoms. The first-order valence-electron chi connectivity index (χ1n) is 13.1. The fraction of sp³-hybridized carbons (Fsp3) is 0.387. The highest BCUT2D eigenvalue weighted by atomic mass is 19.1. The molecule has 2 unspecified atom stereocenters. The molecular formula is C31H38FN3O. The van der Waals surface area contributed by atoms with Crippen LogP contribution in [0.4, 0.5) is 4.39 Å². The molecule has 2 aromatic carbocycles. The predicted molar refractivity (Wildman–Crippen MR) is 146 cm³/mol. The number of aromatic nitrogens is 1. The highest BCUT2D eigenvalue weighted by molar-refractivity contribution is 5.51. The number of aryl methyl sites for hydroxylation is 1. The van der Waals surface area contributed by atoms with E-state index in [1.54, 1.807) is 7.11 Å². The highest BCUT2D eigenvalue weighted by Gasteiger charge is 2.32. The van der Waals surface area contributed by atoms with E-state index in [9.17, 15) is 4.39 Å². The van der Waals surface area contributed by atoms with Crippen LogP contribution in [-0.4, -0.2) is 43.3 Å². The van der Waals surface area contributed by atoms with Gasteiger partial charge in [0.1, 0.15) is 5.75 Å². The number of hydrogen-bond acceptors (Lipinski definition) is 4. The molecule has 2 N–H and O–H groups in total. The highest BCUT2D eigenvalue weighted by Crippen LogP contribution is 2.46. The minimum atomic E-state index is -0.246. The first-order valence-corrected chi connectivity index (χ1v) is 13.1. The molecule has 5 rings (SSSR count). The summed E-state index contributed by atoms with van der Waals surface area (Å²) in [4.78, 5) is 6.92. The van der Waals surface area contributed by atoms with E-state index in [1.165, 1.54) is 22.3 Å². The average Bonchev–Trinajstić information content (AvgIpc) is 2.91. The molecule has 1 aliphatic carbocycles. The van der Waals surface area contributed by atoms with Crippen LogP contribution in [0.3, 0.4) is 0 Å². The Hall–Kier alpha value is -3.18. The lowest BCUT2D eigenvalue weighted by atomic mass is 9.69. The van der Waals surface area contributed by atoms with Crippen LogP contribution in [0.5, 0.6) is 5.75 Å². The summed E-state index contributed by atoms with van der Waals surface area (Å²) in [5.74, 6) is 1.70. The molecule has 0 amide bonds. The third-order valence-electron chi connectivity index (χ3n) is 7.20. The van der Waals surface area contributed by atoms with E-state index in [0.29, 0.717) is 12.5 Å². The number of ether oxygens (including phenoxy) is 1. The number of likely N-dealkylation sites (tertiary alicyclic amines) is 1. The molecule has 0 radical (unpaired) electrons. The number of methoxy groups -OCH3 is 1. The monoisotopic (exact) mass is 487 g/mol. The van der Waals surface area contributed by atoms with Crippen molar-refractivity contribution >= 4 is 6.08 Å². The van der Waals surface area contributed by atoms with Crippen molar-refractivity contribution in [3.8, 4) is 5.75 Å². The van der Waals surface area contributed by atoms with Crippen molar-refractivity contribution in [2.45, 2.75) is 38.5 Å². The smallest absolute Gasteiger partial charge is 0.119 e. The van der Waals surface area contributed by atoms with E-state index >= 15 is 0 Å². The quantitative estimate of drug-likeness (QED) is 0.432. The number of benzene rings is 2. The van der Waals surface area contributed by atoms with Crippen molar-refractivity contribution in [3.63, 3.8) is 0 Å². The van der Waals surface area contributed by atoms with Gasteiger partial charge in [0.05, 0.1) is 19.5 Å². The number of nitrogens with two attached hydrogens (primary N) is 1. The summed E-state index contributed by atoms with van der Waals surface area (Å²) in [5.41, 5.74) is 13.1. The molecule has 1 fully saturated rings. The minimum absolute atomic E-state index is 0.168. The SMILES string of the molecule is CC.COc1ccc2c(c1)CCC(c1ccccc1)C2c1ccc(/C=C(\N)CN2CC(CF)C2)nc1. The van der Waals surface area contributed by atoms with E-state index in [4.69, 9.17) is 15.5 Å². The molecule has 2 atom stereocenters. The summed E-state index contributed by atoms with van der Waals surface area (Å²) in [5, 5.41) is 0. The molecule has 36 heavy (non-hydrogen) atoms. The number of fused-ring (bicyclic) bond motifs is 1. The van der Waals surface area contributed by atoms with Gasteiger partial charge >= 0.3 is 0 Å². The molecule has 4 nitrogen and oxygen atoms in total. The van der Waals surface area contributed by atoms with Gasteiger partial charge < -0.3 is 10.5 Å². The van der Waals surface area contributed by atoms with Gasteiger partial charge in [0.15, 0.2) is 0 Å². The minimum Gasteiger partial charge on any atom is -0.497 e. The van der Waals surface area contributed by atoms with Gasteiger partial charge in [0, 0.05) is 43.4 Å². The normalized spacial score (nSPS) is 20.1. The Morgan fingerprint density at radius 3 is 2.53 bits per heavy atom. The van der Waals surface area contributed by atoms with Crippen LogP contribution in [0.1, 0.15) is 60.1 Å². The second kappa shape index (κ2) is 12.2. The number of rotatable bonds is 7. The van der Waals surface area contributed by atoms with Crippen LogP contribution < -0.4 is 10.5 Å². The van der Waals surface area contributed by atoms with Crippen molar-refractivity contribution in [1.29, 1.82) is 0 Å². The Kier molecular flexibility index (Phi) is 8.76. The van der Waals surface area contributed by atoms with E-state index in [-0.39, 0.29) is 18.5 Å². The summed E-state index contributed by atoms with van der Waals surface area (Å²) in [6, 6.07) is 21.5. The van der Waals surface area contributed by atoms with E-state index < -0.39 is 0 Å². The summed E-state index contributed by atoms with van der Waals surface area (Å²) in [6.45, 7) is 5.98. The van der Waals surface area contributed by atoms with Gasteiger partial charge in [0.25, 0.3) is 0 Å². The Bertz CT molecular complexity index is 1140. The van der Waals surface area contributed by atoms with Gasteiger partial charge in [-0.05, 0) is 65.3 Å². The molecule has 0 saturated carbocycles. The number of alkyl halides is 1. The molecule has 1 saturated heterocycles. The van der Waals surface area contributed by atoms with Crippen molar-refractivity contribution < 1.29 is 9.13 Å². The largest absolute Gasteiger partial charge is 0.497 e. The maximum atomic E-state index is 12.7. The fourth-order valence-corrected chi connectivity index (χ4v) is 5.48. The molecule has 1 aliphatic heterocycles. The lowest BCUT2D eigenvalue weighted by Crippen LogP contribution is -2.48. The Morgan fingerprint density at radius 1 is 1.08 bits per heavy atom. The molecule has 190 valence electrons. The predicted octanol–water partition coefficient (Wildman–Crippen LogP) is 6.18. The number of hydrogen-bond donors (Lipinski definition) is 1. The molecule has 0 bridgehead atoms. The van der Waals surface area contributed by atoms with Gasteiger partial charge in [-0.15, -0.1) is 0 Å². The number of pyridine rings is 1. The molecule has 2 aliphatic rings. The second-order valence-corrected chi connectivity index (χ2v) is 9.55. The van der Waals surface area contributed by atoms with Crippen molar-refractivity contribution in [1.82, 2.24) is 9.88 Å². The van der Waals surface area contributed by atoms with Gasteiger partial charge in [-0.1, -0.05) is 56.3 Å². The van der Waals surface area contributed by atoms with Crippen LogP contribution in [0, 0.1) is 5.92 Å². The Balaban J connectivity index is 0.00000148. The van der Waals surface area contributed by atoms with Crippen LogP contribution in [0.15, 0.2) is 72.6 Å². The van der Waals surface area contributed by atoms with Crippen molar-refractivity contribution in [2.75, 3.05) is 33.4 Å². The van der Waals surface area contributed by atoms with E-state index in [1.807, 2.05) is 26.1 Å². The van der Waals surface area contributed by atoms with Gasteiger partial charge in [0.2, 0.25) is 0 Å². The van der Waals surface area contributed by atoms with Crippen molar-refractivity contribution in [3.05, 3.63) is 101 Å². The van der Waals surface area contributed by atoms with Gasteiger partial charge in [-0.3, -0.25) is 14.3 Å². The van der Waals surface area contributed by atoms with E-state index in [2.05, 4.69) is 65.6 Å². The number of nitrogens with zero attached hydrogens (tertiary/aromatic N) is 2. The Labute approximate surface area is 215 Å². The molecule has 3 aromatic rings. The zero-order valence-electron chi connectivity index (χ0n) is 21.7. The number of halogens is 1. The molecule has 5 heteroatoms. The maximum absolute atomic E-state index is 12.7. The van der Waals surface area contributed by atoms with Crippen LogP contribution in [0.2, 0.25) is 0 Å². The van der Waals surface area contributed by atoms with E-state index in [0.717, 1.165) is 43.1 Å². The lowest BCUT2D eigenvalue weighted by Gasteiger charge is -2.37. The van der Waals surface area contributed by atoms with Crippen molar-refractivity contribution in [2.24, 2.45) is 11.7 Å². The third-order valence-corrected chi connectivity index (χ3v) is 7.20.